The van der Waals surface area contributed by atoms with Crippen molar-refractivity contribution in [2.24, 2.45) is 0 Å². The highest BCUT2D eigenvalue weighted by atomic mass is 35.5. The molecular formula is C21H20ClN3O5. The molecule has 1 N–H and O–H groups in total. The molecule has 0 unspecified atom stereocenters. The zero-order valence-electron chi connectivity index (χ0n) is 16.0. The second-order valence-corrected chi connectivity index (χ2v) is 6.41. The van der Waals surface area contributed by atoms with E-state index in [1.54, 1.807) is 48.5 Å². The van der Waals surface area contributed by atoms with Crippen LogP contribution in [0.4, 0.5) is 5.69 Å². The van der Waals surface area contributed by atoms with Gasteiger partial charge in [0, 0.05) is 17.3 Å². The fourth-order valence-electron chi connectivity index (χ4n) is 2.36. The molecule has 2 amide bonds. The molecule has 0 spiro atoms. The molecule has 0 atom stereocenters. The van der Waals surface area contributed by atoms with Crippen LogP contribution in [-0.4, -0.2) is 44.1 Å². The zero-order valence-corrected chi connectivity index (χ0v) is 16.8. The molecule has 2 rings (SSSR count). The van der Waals surface area contributed by atoms with Crippen LogP contribution in [0, 0.1) is 11.3 Å². The van der Waals surface area contributed by atoms with Crippen LogP contribution in [-0.2, 0) is 19.1 Å². The Labute approximate surface area is 178 Å². The number of nitrogens with zero attached hydrogens (tertiary/aromatic N) is 2. The number of halogens is 1. The van der Waals surface area contributed by atoms with Gasteiger partial charge in [-0.25, -0.2) is 0 Å². The Morgan fingerprint density at radius 1 is 1.07 bits per heavy atom. The van der Waals surface area contributed by atoms with Gasteiger partial charge in [-0.1, -0.05) is 35.9 Å². The zero-order chi connectivity index (χ0) is 21.8. The van der Waals surface area contributed by atoms with Crippen molar-refractivity contribution in [2.75, 3.05) is 31.2 Å². The number of nitriles is 1. The number of rotatable bonds is 10. The van der Waals surface area contributed by atoms with Crippen LogP contribution in [0.2, 0.25) is 5.02 Å². The lowest BCUT2D eigenvalue weighted by Gasteiger charge is -2.21. The number of benzene rings is 2. The Balaban J connectivity index is 1.78. The molecule has 0 aliphatic carbocycles. The van der Waals surface area contributed by atoms with Gasteiger partial charge in [-0.15, -0.1) is 0 Å². The largest absolute Gasteiger partial charge is 0.484 e. The molecule has 0 aliphatic heterocycles. The highest BCUT2D eigenvalue weighted by molar-refractivity contribution is 6.30. The minimum atomic E-state index is -0.775. The van der Waals surface area contributed by atoms with Gasteiger partial charge in [0.15, 0.2) is 13.2 Å². The van der Waals surface area contributed by atoms with Crippen molar-refractivity contribution in [3.05, 3.63) is 59.6 Å². The van der Waals surface area contributed by atoms with E-state index in [-0.39, 0.29) is 19.6 Å². The van der Waals surface area contributed by atoms with Crippen LogP contribution in [0.15, 0.2) is 54.6 Å². The Bertz CT molecular complexity index is 914. The number of carbonyl (C=O) groups is 3. The third-order valence-electron chi connectivity index (χ3n) is 3.77. The summed E-state index contributed by atoms with van der Waals surface area (Å²) in [7, 11) is 0. The van der Waals surface area contributed by atoms with Gasteiger partial charge >= 0.3 is 5.97 Å². The summed E-state index contributed by atoms with van der Waals surface area (Å²) >= 11 is 5.95. The summed E-state index contributed by atoms with van der Waals surface area (Å²) in [5.74, 6) is -1.27. The number of amides is 2. The van der Waals surface area contributed by atoms with Crippen LogP contribution < -0.4 is 15.0 Å². The molecule has 0 heterocycles. The third kappa shape index (κ3) is 7.81. The number of ether oxygens (including phenoxy) is 2. The SMILES string of the molecule is N#CCCN(C(=O)COC(=O)CNC(=O)COc1ccccc1)c1cccc(Cl)c1. The molecule has 0 fully saturated rings. The summed E-state index contributed by atoms with van der Waals surface area (Å²) in [6, 6.07) is 17.3. The van der Waals surface area contributed by atoms with Crippen LogP contribution in [0.5, 0.6) is 5.75 Å². The van der Waals surface area contributed by atoms with Crippen LogP contribution in [0.1, 0.15) is 6.42 Å². The van der Waals surface area contributed by atoms with E-state index in [0.29, 0.717) is 16.5 Å². The van der Waals surface area contributed by atoms with Crippen molar-refractivity contribution in [3.8, 4) is 11.8 Å². The summed E-state index contributed by atoms with van der Waals surface area (Å²) in [4.78, 5) is 37.3. The summed E-state index contributed by atoms with van der Waals surface area (Å²) in [6.45, 7) is -1.07. The quantitative estimate of drug-likeness (QED) is 0.580. The summed E-state index contributed by atoms with van der Waals surface area (Å²) in [6.07, 6.45) is 0.101. The lowest BCUT2D eigenvalue weighted by atomic mass is 10.2. The summed E-state index contributed by atoms with van der Waals surface area (Å²) in [5, 5.41) is 11.6. The number of para-hydroxylation sites is 1. The maximum atomic E-state index is 12.5. The molecule has 8 nitrogen and oxygen atoms in total. The van der Waals surface area contributed by atoms with Crippen LogP contribution >= 0.6 is 11.6 Å². The second-order valence-electron chi connectivity index (χ2n) is 5.97. The average Bonchev–Trinajstić information content (AvgIpc) is 2.76. The highest BCUT2D eigenvalue weighted by Gasteiger charge is 2.18. The first-order chi connectivity index (χ1) is 14.5. The molecule has 2 aromatic rings. The number of nitrogens with one attached hydrogen (secondary N) is 1. The number of carbonyl (C=O) groups excluding carboxylic acids is 3. The molecular weight excluding hydrogens is 410 g/mol. The van der Waals surface area contributed by atoms with Crippen molar-refractivity contribution >= 4 is 35.1 Å². The normalized spacial score (nSPS) is 9.87. The van der Waals surface area contributed by atoms with E-state index in [1.165, 1.54) is 4.90 Å². The lowest BCUT2D eigenvalue weighted by Crippen LogP contribution is -2.38. The Hall–Kier alpha value is -3.57. The molecule has 0 bridgehead atoms. The molecule has 30 heavy (non-hydrogen) atoms. The van der Waals surface area contributed by atoms with Gasteiger partial charge in [0.2, 0.25) is 0 Å². The maximum Gasteiger partial charge on any atom is 0.325 e. The van der Waals surface area contributed by atoms with E-state index in [4.69, 9.17) is 26.3 Å². The minimum absolute atomic E-state index is 0.101. The first-order valence-electron chi connectivity index (χ1n) is 9.02. The lowest BCUT2D eigenvalue weighted by molar-refractivity contribution is -0.147. The number of hydrogen-bond acceptors (Lipinski definition) is 6. The van der Waals surface area contributed by atoms with E-state index < -0.39 is 30.9 Å². The molecule has 0 aliphatic rings. The van der Waals surface area contributed by atoms with E-state index in [2.05, 4.69) is 5.32 Å². The fraction of sp³-hybridized carbons (Fsp3) is 0.238. The smallest absolute Gasteiger partial charge is 0.325 e. The van der Waals surface area contributed by atoms with Crippen LogP contribution in [0.25, 0.3) is 0 Å². The van der Waals surface area contributed by atoms with E-state index in [9.17, 15) is 14.4 Å². The number of hydrogen-bond donors (Lipinski definition) is 1. The van der Waals surface area contributed by atoms with Crippen LogP contribution in [0.3, 0.4) is 0 Å². The standard InChI is InChI=1S/C21H20ClN3O5/c22-16-6-4-7-17(12-16)25(11-5-10-23)20(27)15-30-21(28)13-24-19(26)14-29-18-8-2-1-3-9-18/h1-4,6-9,12H,5,11,13-15H2,(H,24,26). The first kappa shape index (κ1) is 22.7. The van der Waals surface area contributed by atoms with E-state index >= 15 is 0 Å². The van der Waals surface area contributed by atoms with Crippen molar-refractivity contribution in [3.63, 3.8) is 0 Å². The van der Waals surface area contributed by atoms with E-state index in [0.717, 1.165) is 0 Å². The molecule has 156 valence electrons. The fourth-order valence-corrected chi connectivity index (χ4v) is 2.55. The van der Waals surface area contributed by atoms with Gasteiger partial charge in [-0.3, -0.25) is 14.4 Å². The Morgan fingerprint density at radius 2 is 1.83 bits per heavy atom. The highest BCUT2D eigenvalue weighted by Crippen LogP contribution is 2.20. The third-order valence-corrected chi connectivity index (χ3v) is 4.00. The summed E-state index contributed by atoms with van der Waals surface area (Å²) in [5.41, 5.74) is 0.491. The van der Waals surface area contributed by atoms with Gasteiger partial charge in [0.1, 0.15) is 12.3 Å². The van der Waals surface area contributed by atoms with Crippen molar-refractivity contribution in [2.45, 2.75) is 6.42 Å². The van der Waals surface area contributed by atoms with Crippen molar-refractivity contribution < 1.29 is 23.9 Å². The molecule has 0 radical (unpaired) electrons. The first-order valence-corrected chi connectivity index (χ1v) is 9.40. The number of anilines is 1. The van der Waals surface area contributed by atoms with Gasteiger partial charge in [0.25, 0.3) is 11.8 Å². The van der Waals surface area contributed by atoms with Crippen molar-refractivity contribution in [1.82, 2.24) is 5.32 Å². The topological polar surface area (TPSA) is 109 Å². The minimum Gasteiger partial charge on any atom is -0.484 e. The monoisotopic (exact) mass is 429 g/mol. The van der Waals surface area contributed by atoms with Gasteiger partial charge in [-0.05, 0) is 30.3 Å². The predicted octanol–water partition coefficient (Wildman–Crippen LogP) is 2.33. The summed E-state index contributed by atoms with van der Waals surface area (Å²) < 4.78 is 10.2. The molecule has 0 aromatic heterocycles. The Kier molecular flexibility index (Phi) is 9.16. The molecule has 0 saturated heterocycles. The Morgan fingerprint density at radius 3 is 2.53 bits per heavy atom. The van der Waals surface area contributed by atoms with Gasteiger partial charge < -0.3 is 19.7 Å². The molecule has 9 heteroatoms. The maximum absolute atomic E-state index is 12.5. The van der Waals surface area contributed by atoms with E-state index in [1.807, 2.05) is 12.1 Å². The second kappa shape index (κ2) is 12.1. The predicted molar refractivity (Wildman–Crippen MR) is 110 cm³/mol. The molecule has 2 aromatic carbocycles. The number of esters is 1. The average molecular weight is 430 g/mol. The van der Waals surface area contributed by atoms with Gasteiger partial charge in [0.05, 0.1) is 12.5 Å². The molecule has 0 saturated carbocycles. The van der Waals surface area contributed by atoms with Crippen molar-refractivity contribution in [1.29, 1.82) is 5.26 Å². The van der Waals surface area contributed by atoms with Gasteiger partial charge in [-0.2, -0.15) is 5.26 Å².